The van der Waals surface area contributed by atoms with Crippen LogP contribution < -0.4 is 4.72 Å². The molecule has 1 amide bonds. The molecule has 2 heterocycles. The normalized spacial score (nSPS) is 13.8. The minimum absolute atomic E-state index is 0.0470. The molecule has 1 N–H and O–H groups in total. The molecule has 1 aliphatic rings. The van der Waals surface area contributed by atoms with Gasteiger partial charge in [-0.3, -0.25) is 9.59 Å². The van der Waals surface area contributed by atoms with Crippen molar-refractivity contribution in [3.8, 4) is 0 Å². The maximum Gasteiger partial charge on any atom is 0.273 e. The van der Waals surface area contributed by atoms with Crippen LogP contribution in [0.4, 0.5) is 4.39 Å². The van der Waals surface area contributed by atoms with E-state index in [1.165, 1.54) is 18.2 Å². The number of sulfonamides is 1. The first-order chi connectivity index (χ1) is 18.4. The molecule has 0 spiro atoms. The van der Waals surface area contributed by atoms with E-state index < -0.39 is 21.7 Å². The second-order valence-corrected chi connectivity index (χ2v) is 13.7. The number of ketones is 1. The molecule has 4 aromatic rings. The van der Waals surface area contributed by atoms with Crippen LogP contribution in [-0.4, -0.2) is 24.7 Å². The summed E-state index contributed by atoms with van der Waals surface area (Å²) in [5.74, 6) is -1.47. The molecule has 5 rings (SSSR count). The molecule has 2 aromatic heterocycles. The van der Waals surface area contributed by atoms with Gasteiger partial charge in [-0.2, -0.15) is 0 Å². The van der Waals surface area contributed by atoms with Gasteiger partial charge in [0, 0.05) is 52.2 Å². The first-order valence-corrected chi connectivity index (χ1v) is 15.2. The Bertz CT molecular complexity index is 1790. The molecule has 13 heteroatoms. The summed E-state index contributed by atoms with van der Waals surface area (Å²) in [6.45, 7) is 0.309. The third kappa shape index (κ3) is 5.75. The smallest absolute Gasteiger partial charge is 0.273 e. The van der Waals surface area contributed by atoms with Gasteiger partial charge in [-0.15, -0.1) is 11.3 Å². The molecule has 2 aromatic carbocycles. The van der Waals surface area contributed by atoms with Gasteiger partial charge >= 0.3 is 0 Å². The number of nitrogens with one attached hydrogen (secondary N) is 1. The van der Waals surface area contributed by atoms with Crippen molar-refractivity contribution in [3.63, 3.8) is 0 Å². The van der Waals surface area contributed by atoms with Crippen LogP contribution in [0.15, 0.2) is 46.7 Å². The maximum atomic E-state index is 14.8. The van der Waals surface area contributed by atoms with Crippen LogP contribution in [0.5, 0.6) is 0 Å². The molecule has 0 radical (unpaired) electrons. The molecule has 6 nitrogen and oxygen atoms in total. The molecule has 1 aliphatic carbocycles. The van der Waals surface area contributed by atoms with Crippen molar-refractivity contribution in [2.45, 2.75) is 30.0 Å². The lowest BCUT2D eigenvalue weighted by atomic mass is 9.94. The van der Waals surface area contributed by atoms with Crippen LogP contribution >= 0.6 is 57.7 Å². The van der Waals surface area contributed by atoms with Crippen LogP contribution in [0.2, 0.25) is 19.4 Å². The summed E-state index contributed by atoms with van der Waals surface area (Å²) < 4.78 is 43.7. The number of fused-ring (bicyclic) bond motifs is 3. The van der Waals surface area contributed by atoms with Crippen molar-refractivity contribution in [1.82, 2.24) is 9.29 Å². The van der Waals surface area contributed by atoms with Gasteiger partial charge in [0.05, 0.1) is 10.5 Å². The van der Waals surface area contributed by atoms with E-state index in [4.69, 9.17) is 46.4 Å². The summed E-state index contributed by atoms with van der Waals surface area (Å²) in [6, 6.07) is 8.87. The Balaban J connectivity index is 1.57. The van der Waals surface area contributed by atoms with Gasteiger partial charge in [-0.05, 0) is 54.0 Å². The lowest BCUT2D eigenvalue weighted by Crippen LogP contribution is -2.28. The highest BCUT2D eigenvalue weighted by molar-refractivity contribution is 7.92. The number of carbonyl (C=O) groups excluding carboxylic acids is 2. The molecule has 0 fully saturated rings. The quantitative estimate of drug-likeness (QED) is 0.227. The molecule has 0 unspecified atom stereocenters. The van der Waals surface area contributed by atoms with Gasteiger partial charge in [0.25, 0.3) is 15.9 Å². The van der Waals surface area contributed by atoms with Gasteiger partial charge in [0.1, 0.15) is 20.1 Å². The van der Waals surface area contributed by atoms with Gasteiger partial charge < -0.3 is 4.57 Å². The van der Waals surface area contributed by atoms with E-state index in [9.17, 15) is 22.4 Å². The second-order valence-electron chi connectivity index (χ2n) is 8.84. The minimum Gasteiger partial charge on any atom is -0.339 e. The van der Waals surface area contributed by atoms with Crippen molar-refractivity contribution in [3.05, 3.63) is 90.1 Å². The highest BCUT2D eigenvalue weighted by Gasteiger charge is 2.26. The highest BCUT2D eigenvalue weighted by Crippen LogP contribution is 2.36. The average molecular weight is 646 g/mol. The molecular formula is C26H17Cl4FN2O4S2. The van der Waals surface area contributed by atoms with Gasteiger partial charge in [0.2, 0.25) is 0 Å². The largest absolute Gasteiger partial charge is 0.339 e. The van der Waals surface area contributed by atoms with E-state index in [-0.39, 0.29) is 25.8 Å². The van der Waals surface area contributed by atoms with E-state index in [2.05, 4.69) is 0 Å². The van der Waals surface area contributed by atoms with Crippen LogP contribution in [0.3, 0.4) is 0 Å². The van der Waals surface area contributed by atoms with E-state index in [0.29, 0.717) is 57.2 Å². The van der Waals surface area contributed by atoms with Crippen LogP contribution in [-0.2, 0) is 39.0 Å². The number of carbonyl (C=O) groups is 2. The van der Waals surface area contributed by atoms with Crippen molar-refractivity contribution >= 4 is 96.4 Å². The van der Waals surface area contributed by atoms with E-state index >= 15 is 0 Å². The Hall–Kier alpha value is -2.40. The summed E-state index contributed by atoms with van der Waals surface area (Å²) in [5, 5.41) is 1.52. The van der Waals surface area contributed by atoms with Crippen molar-refractivity contribution in [2.75, 3.05) is 0 Å². The number of benzene rings is 2. The fourth-order valence-electron chi connectivity index (χ4n) is 4.59. The van der Waals surface area contributed by atoms with Crippen molar-refractivity contribution in [1.29, 1.82) is 0 Å². The fraction of sp³-hybridized carbons (Fsp3) is 0.154. The first kappa shape index (κ1) is 28.1. The number of hydrogen-bond acceptors (Lipinski definition) is 5. The lowest BCUT2D eigenvalue weighted by molar-refractivity contribution is -0.118. The second kappa shape index (κ2) is 10.9. The Morgan fingerprint density at radius 2 is 1.85 bits per heavy atom. The minimum atomic E-state index is -4.23. The average Bonchev–Trinajstić information content (AvgIpc) is 3.36. The summed E-state index contributed by atoms with van der Waals surface area (Å²) >= 11 is 24.9. The zero-order valence-corrected chi connectivity index (χ0v) is 24.4. The number of halogens is 5. The third-order valence-corrected chi connectivity index (χ3v) is 10.5. The number of Topliss-reactive ketones (excluding diaryl/α,β-unsaturated/α-hetero) is 1. The van der Waals surface area contributed by atoms with Crippen molar-refractivity contribution < 1.29 is 22.4 Å². The summed E-state index contributed by atoms with van der Waals surface area (Å²) in [6.07, 6.45) is 3.30. The Morgan fingerprint density at radius 3 is 2.54 bits per heavy atom. The number of hydrogen-bond donors (Lipinski definition) is 1. The molecular weight excluding hydrogens is 629 g/mol. The Kier molecular flexibility index (Phi) is 7.85. The third-order valence-electron chi connectivity index (χ3n) is 6.27. The summed E-state index contributed by atoms with van der Waals surface area (Å²) in [7, 11) is -4.23. The summed E-state index contributed by atoms with van der Waals surface area (Å²) in [5.41, 5.74) is 3.26. The highest BCUT2D eigenvalue weighted by atomic mass is 35.5. The lowest BCUT2D eigenvalue weighted by Gasteiger charge is -2.17. The fourth-order valence-corrected chi connectivity index (χ4v) is 7.89. The molecule has 0 aliphatic heterocycles. The number of thiophene rings is 1. The first-order valence-electron chi connectivity index (χ1n) is 11.4. The van der Waals surface area contributed by atoms with E-state index in [1.807, 2.05) is 9.29 Å². The molecule has 202 valence electrons. The van der Waals surface area contributed by atoms with Gasteiger partial charge in [-0.1, -0.05) is 52.5 Å². The van der Waals surface area contributed by atoms with Crippen molar-refractivity contribution in [2.24, 2.45) is 0 Å². The molecule has 0 saturated carbocycles. The summed E-state index contributed by atoms with van der Waals surface area (Å²) in [4.78, 5) is 24.9. The monoisotopic (exact) mass is 644 g/mol. The topological polar surface area (TPSA) is 85.2 Å². The zero-order chi connectivity index (χ0) is 28.1. The Labute approximate surface area is 247 Å². The maximum absolute atomic E-state index is 14.8. The van der Waals surface area contributed by atoms with Crippen LogP contribution in [0.25, 0.3) is 17.0 Å². The molecule has 0 bridgehead atoms. The molecule has 0 saturated heterocycles. The predicted octanol–water partition coefficient (Wildman–Crippen LogP) is 7.08. The van der Waals surface area contributed by atoms with Gasteiger partial charge in [-0.25, -0.2) is 17.5 Å². The van der Waals surface area contributed by atoms with E-state index in [1.54, 1.807) is 18.2 Å². The number of amides is 1. The van der Waals surface area contributed by atoms with Crippen LogP contribution in [0, 0.1) is 5.82 Å². The van der Waals surface area contributed by atoms with Crippen LogP contribution in [0.1, 0.15) is 28.8 Å². The standard InChI is InChI=1S/C26H17Cl4FN2O4S2/c27-15-3-1-14(20(28)8-15)12-33-22-5-4-17(34)10-18(22)19-9-16(31)7-13(25(19)33)2-6-23(35)32-39(36,37)24-11-21(29)26(30)38-24/h1-3,6-9,11H,4-5,10,12H2,(H,32,35)/b6-2+. The Morgan fingerprint density at radius 1 is 1.08 bits per heavy atom. The SMILES string of the molecule is O=C1CCc2c(c3cc(F)cc(/C=C/C(=O)NS(=O)(=O)c4cc(Cl)c(Cl)s4)c3n2Cc2ccc(Cl)cc2Cl)C1. The number of nitrogens with zero attached hydrogens (tertiary/aromatic N) is 1. The number of aromatic nitrogens is 1. The number of rotatable bonds is 6. The van der Waals surface area contributed by atoms with E-state index in [0.717, 1.165) is 29.0 Å². The molecule has 0 atom stereocenters. The molecule has 39 heavy (non-hydrogen) atoms. The zero-order valence-electron chi connectivity index (χ0n) is 19.7. The van der Waals surface area contributed by atoms with Gasteiger partial charge in [0.15, 0.2) is 0 Å². The predicted molar refractivity (Wildman–Crippen MR) is 153 cm³/mol.